The Morgan fingerprint density at radius 2 is 2.10 bits per heavy atom. The molecular weight excluding hydrogens is 128 g/mol. The largest absolute Gasteiger partial charge is 0.386 e. The second-order valence-corrected chi connectivity index (χ2v) is 3.28. The quantitative estimate of drug-likeness (QED) is 0.513. The molecule has 1 heterocycles. The summed E-state index contributed by atoms with van der Waals surface area (Å²) in [5.74, 6) is 0. The molecule has 0 bridgehead atoms. The summed E-state index contributed by atoms with van der Waals surface area (Å²) < 4.78 is 5.45. The Balaban J connectivity index is 2.69. The molecule has 58 valence electrons. The summed E-state index contributed by atoms with van der Waals surface area (Å²) in [7, 11) is 0. The lowest BCUT2D eigenvalue weighted by atomic mass is 10.0. The molecule has 0 saturated heterocycles. The number of aliphatic hydroxyl groups excluding tert-OH is 1. The molecule has 10 heavy (non-hydrogen) atoms. The van der Waals surface area contributed by atoms with E-state index in [0.717, 1.165) is 0 Å². The van der Waals surface area contributed by atoms with Crippen molar-refractivity contribution in [1.29, 1.82) is 0 Å². The van der Waals surface area contributed by atoms with Crippen molar-refractivity contribution in [1.82, 2.24) is 0 Å². The van der Waals surface area contributed by atoms with Crippen molar-refractivity contribution in [2.24, 2.45) is 0 Å². The Kier molecular flexibility index (Phi) is 1.84. The highest BCUT2D eigenvalue weighted by atomic mass is 16.5. The van der Waals surface area contributed by atoms with Crippen LogP contribution in [0.1, 0.15) is 20.8 Å². The normalized spacial score (nSPS) is 38.0. The smallest absolute Gasteiger partial charge is 0.0981 e. The molecule has 1 N–H and O–H groups in total. The summed E-state index contributed by atoms with van der Waals surface area (Å²) in [6, 6.07) is 0. The molecule has 2 nitrogen and oxygen atoms in total. The van der Waals surface area contributed by atoms with Crippen LogP contribution >= 0.6 is 0 Å². The molecule has 0 radical (unpaired) electrons. The van der Waals surface area contributed by atoms with E-state index in [1.165, 1.54) is 0 Å². The third kappa shape index (κ3) is 1.58. The molecule has 2 atom stereocenters. The highest BCUT2D eigenvalue weighted by Crippen LogP contribution is 2.21. The molecule has 0 amide bonds. The fourth-order valence-corrected chi connectivity index (χ4v) is 1.07. The third-order valence-corrected chi connectivity index (χ3v) is 1.67. The van der Waals surface area contributed by atoms with Crippen LogP contribution in [-0.4, -0.2) is 22.9 Å². The maximum Gasteiger partial charge on any atom is 0.0981 e. The van der Waals surface area contributed by atoms with Crippen LogP contribution in [0.15, 0.2) is 12.2 Å². The predicted octanol–water partition coefficient (Wildman–Crippen LogP) is 1.10. The zero-order valence-corrected chi connectivity index (χ0v) is 6.66. The van der Waals surface area contributed by atoms with Gasteiger partial charge in [0.2, 0.25) is 0 Å². The molecule has 1 unspecified atom stereocenters. The van der Waals surface area contributed by atoms with E-state index < -0.39 is 6.10 Å². The van der Waals surface area contributed by atoms with Crippen molar-refractivity contribution < 1.29 is 9.84 Å². The number of hydrogen-bond acceptors (Lipinski definition) is 2. The summed E-state index contributed by atoms with van der Waals surface area (Å²) in [6.07, 6.45) is 3.15. The first kappa shape index (κ1) is 7.76. The first-order valence-corrected chi connectivity index (χ1v) is 3.56. The molecule has 0 saturated carbocycles. The molecule has 1 aliphatic rings. The van der Waals surface area contributed by atoms with Crippen LogP contribution in [0.3, 0.4) is 0 Å². The SMILES string of the molecule is CC1OC(C)(C)C=C[C@@H]1O. The molecule has 1 rings (SSSR count). The Morgan fingerprint density at radius 3 is 2.50 bits per heavy atom. The fourth-order valence-electron chi connectivity index (χ4n) is 1.07. The summed E-state index contributed by atoms with van der Waals surface area (Å²) >= 11 is 0. The first-order valence-electron chi connectivity index (χ1n) is 3.56. The van der Waals surface area contributed by atoms with Gasteiger partial charge in [0.15, 0.2) is 0 Å². The lowest BCUT2D eigenvalue weighted by Crippen LogP contribution is -2.38. The van der Waals surface area contributed by atoms with Crippen LogP contribution in [0, 0.1) is 0 Å². The molecule has 0 fully saturated rings. The van der Waals surface area contributed by atoms with Gasteiger partial charge >= 0.3 is 0 Å². The Labute approximate surface area is 61.5 Å². The molecule has 0 aromatic heterocycles. The number of rotatable bonds is 0. The van der Waals surface area contributed by atoms with E-state index >= 15 is 0 Å². The van der Waals surface area contributed by atoms with E-state index in [0.29, 0.717) is 0 Å². The van der Waals surface area contributed by atoms with Crippen LogP contribution in [0.5, 0.6) is 0 Å². The van der Waals surface area contributed by atoms with Crippen molar-refractivity contribution in [3.8, 4) is 0 Å². The van der Waals surface area contributed by atoms with E-state index in [1.807, 2.05) is 26.8 Å². The average Bonchev–Trinajstić information content (AvgIpc) is 1.79. The molecule has 0 spiro atoms. The van der Waals surface area contributed by atoms with E-state index in [9.17, 15) is 5.11 Å². The Bertz CT molecular complexity index is 149. The molecule has 2 heteroatoms. The van der Waals surface area contributed by atoms with Crippen LogP contribution in [0.4, 0.5) is 0 Å². The monoisotopic (exact) mass is 142 g/mol. The highest BCUT2D eigenvalue weighted by Gasteiger charge is 2.26. The van der Waals surface area contributed by atoms with Gasteiger partial charge in [0.25, 0.3) is 0 Å². The average molecular weight is 142 g/mol. The van der Waals surface area contributed by atoms with Gasteiger partial charge in [0.1, 0.15) is 0 Å². The van der Waals surface area contributed by atoms with Crippen molar-refractivity contribution in [2.75, 3.05) is 0 Å². The van der Waals surface area contributed by atoms with Gasteiger partial charge in [0.05, 0.1) is 17.8 Å². The van der Waals surface area contributed by atoms with E-state index in [1.54, 1.807) is 6.08 Å². The van der Waals surface area contributed by atoms with Gasteiger partial charge in [-0.15, -0.1) is 0 Å². The van der Waals surface area contributed by atoms with Crippen LogP contribution in [-0.2, 0) is 4.74 Å². The molecule has 0 aromatic rings. The molecule has 1 aliphatic heterocycles. The fraction of sp³-hybridized carbons (Fsp3) is 0.750. The number of ether oxygens (including phenoxy) is 1. The predicted molar refractivity (Wildman–Crippen MR) is 39.8 cm³/mol. The van der Waals surface area contributed by atoms with Crippen LogP contribution in [0.25, 0.3) is 0 Å². The Hall–Kier alpha value is -0.340. The minimum absolute atomic E-state index is 0.0833. The minimum Gasteiger partial charge on any atom is -0.386 e. The van der Waals surface area contributed by atoms with Gasteiger partial charge in [-0.1, -0.05) is 12.2 Å². The van der Waals surface area contributed by atoms with Crippen molar-refractivity contribution in [3.63, 3.8) is 0 Å². The highest BCUT2D eigenvalue weighted by molar-refractivity contribution is 5.06. The maximum absolute atomic E-state index is 9.20. The summed E-state index contributed by atoms with van der Waals surface area (Å²) in [4.78, 5) is 0. The van der Waals surface area contributed by atoms with E-state index in [-0.39, 0.29) is 11.7 Å². The van der Waals surface area contributed by atoms with E-state index in [4.69, 9.17) is 4.74 Å². The zero-order chi connectivity index (χ0) is 7.78. The van der Waals surface area contributed by atoms with E-state index in [2.05, 4.69) is 0 Å². The lowest BCUT2D eigenvalue weighted by Gasteiger charge is -2.32. The second kappa shape index (κ2) is 2.36. The Morgan fingerprint density at radius 1 is 1.50 bits per heavy atom. The minimum atomic E-state index is -0.437. The van der Waals surface area contributed by atoms with Crippen molar-refractivity contribution in [2.45, 2.75) is 38.6 Å². The first-order chi connectivity index (χ1) is 4.51. The molecule has 0 aromatic carbocycles. The topological polar surface area (TPSA) is 29.5 Å². The zero-order valence-electron chi connectivity index (χ0n) is 6.66. The summed E-state index contributed by atoms with van der Waals surface area (Å²) in [6.45, 7) is 5.83. The second-order valence-electron chi connectivity index (χ2n) is 3.28. The van der Waals surface area contributed by atoms with Gasteiger partial charge < -0.3 is 9.84 Å². The summed E-state index contributed by atoms with van der Waals surface area (Å²) in [5.41, 5.74) is -0.210. The number of hydrogen-bond donors (Lipinski definition) is 1. The van der Waals surface area contributed by atoms with Crippen molar-refractivity contribution >= 4 is 0 Å². The standard InChI is InChI=1S/C8H14O2/c1-6-7(9)4-5-8(2,3)10-6/h4-7,9H,1-3H3/t6?,7-/m0/s1. The van der Waals surface area contributed by atoms with Gasteiger partial charge in [-0.2, -0.15) is 0 Å². The van der Waals surface area contributed by atoms with Crippen LogP contribution in [0.2, 0.25) is 0 Å². The molecular formula is C8H14O2. The molecule has 0 aliphatic carbocycles. The lowest BCUT2D eigenvalue weighted by molar-refractivity contribution is -0.0866. The van der Waals surface area contributed by atoms with Crippen LogP contribution < -0.4 is 0 Å². The van der Waals surface area contributed by atoms with Gasteiger partial charge in [-0.25, -0.2) is 0 Å². The third-order valence-electron chi connectivity index (χ3n) is 1.67. The van der Waals surface area contributed by atoms with Gasteiger partial charge in [0, 0.05) is 0 Å². The summed E-state index contributed by atoms with van der Waals surface area (Å²) in [5, 5.41) is 9.20. The van der Waals surface area contributed by atoms with Gasteiger partial charge in [-0.3, -0.25) is 0 Å². The number of aliphatic hydroxyl groups is 1. The van der Waals surface area contributed by atoms with Gasteiger partial charge in [-0.05, 0) is 20.8 Å². The maximum atomic E-state index is 9.20. The van der Waals surface area contributed by atoms with Crippen molar-refractivity contribution in [3.05, 3.63) is 12.2 Å².